The molecule has 1 heterocycles. The topological polar surface area (TPSA) is 12.5 Å². The fourth-order valence-electron chi connectivity index (χ4n) is 1.99. The molecule has 1 aromatic carbocycles. The smallest absolute Gasteiger partial charge is 0.0721 e. The third-order valence-electron chi connectivity index (χ3n) is 3.04. The van der Waals surface area contributed by atoms with E-state index in [1.165, 1.54) is 5.56 Å². The Balaban J connectivity index is 1.79. The molecule has 1 aliphatic heterocycles. The molecule has 1 aromatic rings. The van der Waals surface area contributed by atoms with Gasteiger partial charge in [-0.05, 0) is 37.6 Å². The lowest BCUT2D eigenvalue weighted by Gasteiger charge is -2.28. The largest absolute Gasteiger partial charge is 0.373 e. The molecule has 2 rings (SSSR count). The van der Waals surface area contributed by atoms with E-state index < -0.39 is 0 Å². The summed E-state index contributed by atoms with van der Waals surface area (Å²) in [6, 6.07) is 8.32. The number of rotatable bonds is 3. The van der Waals surface area contributed by atoms with Gasteiger partial charge in [0, 0.05) is 17.6 Å². The molecule has 1 fully saturated rings. The SMILES string of the molecule is CN1CCC(OCc2cccc(Br)c2)CC1. The first-order chi connectivity index (χ1) is 7.74. The van der Waals surface area contributed by atoms with Gasteiger partial charge in [-0.2, -0.15) is 0 Å². The van der Waals surface area contributed by atoms with Crippen LogP contribution in [0.15, 0.2) is 28.7 Å². The zero-order valence-electron chi connectivity index (χ0n) is 9.66. The van der Waals surface area contributed by atoms with Gasteiger partial charge in [0.2, 0.25) is 0 Å². The average molecular weight is 284 g/mol. The Labute approximate surface area is 106 Å². The summed E-state index contributed by atoms with van der Waals surface area (Å²) in [4.78, 5) is 2.36. The van der Waals surface area contributed by atoms with Gasteiger partial charge in [-0.1, -0.05) is 28.1 Å². The second-order valence-electron chi connectivity index (χ2n) is 4.44. The van der Waals surface area contributed by atoms with Gasteiger partial charge in [0.25, 0.3) is 0 Å². The zero-order valence-corrected chi connectivity index (χ0v) is 11.2. The minimum absolute atomic E-state index is 0.440. The Morgan fingerprint density at radius 3 is 2.81 bits per heavy atom. The molecular weight excluding hydrogens is 266 g/mol. The first-order valence-electron chi connectivity index (χ1n) is 5.78. The fraction of sp³-hybridized carbons (Fsp3) is 0.538. The van der Waals surface area contributed by atoms with Crippen molar-refractivity contribution in [1.29, 1.82) is 0 Å². The zero-order chi connectivity index (χ0) is 11.4. The molecule has 0 N–H and O–H groups in total. The molecule has 0 unspecified atom stereocenters. The molecule has 1 aliphatic rings. The highest BCUT2D eigenvalue weighted by Crippen LogP contribution is 2.16. The van der Waals surface area contributed by atoms with Crippen LogP contribution in [0.3, 0.4) is 0 Å². The maximum Gasteiger partial charge on any atom is 0.0721 e. The predicted molar refractivity (Wildman–Crippen MR) is 69.5 cm³/mol. The fourth-order valence-corrected chi connectivity index (χ4v) is 2.44. The number of likely N-dealkylation sites (tertiary alicyclic amines) is 1. The predicted octanol–water partition coefficient (Wildman–Crippen LogP) is 3.06. The molecule has 0 aliphatic carbocycles. The van der Waals surface area contributed by atoms with Crippen LogP contribution in [0, 0.1) is 0 Å². The molecule has 0 spiro atoms. The minimum Gasteiger partial charge on any atom is -0.373 e. The Morgan fingerprint density at radius 2 is 2.12 bits per heavy atom. The summed E-state index contributed by atoms with van der Waals surface area (Å²) in [6.45, 7) is 3.04. The van der Waals surface area contributed by atoms with Gasteiger partial charge in [0.15, 0.2) is 0 Å². The van der Waals surface area contributed by atoms with Crippen LogP contribution < -0.4 is 0 Å². The number of ether oxygens (including phenoxy) is 1. The van der Waals surface area contributed by atoms with Crippen molar-refractivity contribution >= 4 is 15.9 Å². The Kier molecular flexibility index (Phi) is 4.38. The highest BCUT2D eigenvalue weighted by atomic mass is 79.9. The molecule has 3 heteroatoms. The van der Waals surface area contributed by atoms with Gasteiger partial charge in [-0.25, -0.2) is 0 Å². The van der Waals surface area contributed by atoms with Crippen LogP contribution in [0.2, 0.25) is 0 Å². The summed E-state index contributed by atoms with van der Waals surface area (Å²) in [5.41, 5.74) is 1.24. The highest BCUT2D eigenvalue weighted by Gasteiger charge is 2.16. The summed E-state index contributed by atoms with van der Waals surface area (Å²) in [6.07, 6.45) is 2.75. The molecule has 0 atom stereocenters. The summed E-state index contributed by atoms with van der Waals surface area (Å²) in [5.74, 6) is 0. The number of halogens is 1. The number of piperidine rings is 1. The average Bonchev–Trinajstić information content (AvgIpc) is 2.28. The maximum atomic E-state index is 5.92. The van der Waals surface area contributed by atoms with Crippen LogP contribution in [-0.4, -0.2) is 31.1 Å². The van der Waals surface area contributed by atoms with Crippen LogP contribution in [-0.2, 0) is 11.3 Å². The van der Waals surface area contributed by atoms with Gasteiger partial charge in [0.05, 0.1) is 12.7 Å². The second kappa shape index (κ2) is 5.80. The van der Waals surface area contributed by atoms with Crippen LogP contribution in [0.1, 0.15) is 18.4 Å². The molecule has 88 valence electrons. The molecule has 0 aromatic heterocycles. The lowest BCUT2D eigenvalue weighted by molar-refractivity contribution is 0.00212. The first-order valence-corrected chi connectivity index (χ1v) is 6.58. The molecule has 0 amide bonds. The highest BCUT2D eigenvalue weighted by molar-refractivity contribution is 9.10. The van der Waals surface area contributed by atoms with E-state index in [4.69, 9.17) is 4.74 Å². The standard InChI is InChI=1S/C13H18BrNO/c1-15-7-5-13(6-8-15)16-10-11-3-2-4-12(14)9-11/h2-4,9,13H,5-8,10H2,1H3. The molecular formula is C13H18BrNO. The van der Waals surface area contributed by atoms with Crippen molar-refractivity contribution in [3.8, 4) is 0 Å². The Bertz CT molecular complexity index is 334. The van der Waals surface area contributed by atoms with Crippen molar-refractivity contribution in [3.05, 3.63) is 34.3 Å². The van der Waals surface area contributed by atoms with Gasteiger partial charge in [0.1, 0.15) is 0 Å². The summed E-state index contributed by atoms with van der Waals surface area (Å²) in [7, 11) is 2.17. The van der Waals surface area contributed by atoms with E-state index in [9.17, 15) is 0 Å². The third kappa shape index (κ3) is 3.58. The summed E-state index contributed by atoms with van der Waals surface area (Å²) in [5, 5.41) is 0. The molecule has 0 radical (unpaired) electrons. The van der Waals surface area contributed by atoms with E-state index in [1.807, 2.05) is 6.07 Å². The maximum absolute atomic E-state index is 5.92. The lowest BCUT2D eigenvalue weighted by Crippen LogP contribution is -2.34. The molecule has 16 heavy (non-hydrogen) atoms. The van der Waals surface area contributed by atoms with Crippen molar-refractivity contribution < 1.29 is 4.74 Å². The molecule has 0 saturated carbocycles. The Morgan fingerprint density at radius 1 is 1.38 bits per heavy atom. The minimum atomic E-state index is 0.440. The van der Waals surface area contributed by atoms with Crippen molar-refractivity contribution in [2.45, 2.75) is 25.6 Å². The van der Waals surface area contributed by atoms with Crippen LogP contribution in [0.25, 0.3) is 0 Å². The van der Waals surface area contributed by atoms with Crippen LogP contribution in [0.5, 0.6) is 0 Å². The first kappa shape index (κ1) is 12.1. The van der Waals surface area contributed by atoms with Gasteiger partial charge >= 0.3 is 0 Å². The number of hydrogen-bond donors (Lipinski definition) is 0. The van der Waals surface area contributed by atoms with E-state index in [2.05, 4.69) is 46.1 Å². The lowest BCUT2D eigenvalue weighted by atomic mass is 10.1. The second-order valence-corrected chi connectivity index (χ2v) is 5.36. The summed E-state index contributed by atoms with van der Waals surface area (Å²) < 4.78 is 7.05. The summed E-state index contributed by atoms with van der Waals surface area (Å²) >= 11 is 3.47. The van der Waals surface area contributed by atoms with Gasteiger partial charge in [-0.15, -0.1) is 0 Å². The van der Waals surface area contributed by atoms with Gasteiger partial charge < -0.3 is 9.64 Å². The van der Waals surface area contributed by atoms with E-state index in [0.717, 1.165) is 37.0 Å². The van der Waals surface area contributed by atoms with Crippen molar-refractivity contribution in [1.82, 2.24) is 4.90 Å². The number of benzene rings is 1. The van der Waals surface area contributed by atoms with Crippen molar-refractivity contribution in [2.75, 3.05) is 20.1 Å². The molecule has 2 nitrogen and oxygen atoms in total. The van der Waals surface area contributed by atoms with Crippen molar-refractivity contribution in [3.63, 3.8) is 0 Å². The number of nitrogens with zero attached hydrogens (tertiary/aromatic N) is 1. The van der Waals surface area contributed by atoms with E-state index in [0.29, 0.717) is 6.10 Å². The quantitative estimate of drug-likeness (QED) is 0.846. The van der Waals surface area contributed by atoms with Crippen LogP contribution >= 0.6 is 15.9 Å². The number of hydrogen-bond acceptors (Lipinski definition) is 2. The Hall–Kier alpha value is -0.380. The van der Waals surface area contributed by atoms with Gasteiger partial charge in [-0.3, -0.25) is 0 Å². The molecule has 1 saturated heterocycles. The van der Waals surface area contributed by atoms with Crippen LogP contribution in [0.4, 0.5) is 0 Å². The molecule has 0 bridgehead atoms. The van der Waals surface area contributed by atoms with E-state index in [-0.39, 0.29) is 0 Å². The van der Waals surface area contributed by atoms with E-state index >= 15 is 0 Å². The monoisotopic (exact) mass is 283 g/mol. The third-order valence-corrected chi connectivity index (χ3v) is 3.53. The normalized spacial score (nSPS) is 18.9. The van der Waals surface area contributed by atoms with E-state index in [1.54, 1.807) is 0 Å². The van der Waals surface area contributed by atoms with Crippen molar-refractivity contribution in [2.24, 2.45) is 0 Å².